The van der Waals surface area contributed by atoms with Gasteiger partial charge in [0.05, 0.1) is 6.61 Å². The van der Waals surface area contributed by atoms with Crippen LogP contribution in [0.15, 0.2) is 48.5 Å². The van der Waals surface area contributed by atoms with Crippen LogP contribution in [0, 0.1) is 0 Å². The fourth-order valence-corrected chi connectivity index (χ4v) is 3.58. The molecule has 1 aliphatic carbocycles. The van der Waals surface area contributed by atoms with Crippen molar-refractivity contribution in [2.45, 2.75) is 51.4 Å². The molecule has 0 aromatic heterocycles. The number of hydrogen-bond acceptors (Lipinski definition) is 5. The molecule has 1 saturated carbocycles. The summed E-state index contributed by atoms with van der Waals surface area (Å²) in [5, 5.41) is 2.91. The molecule has 0 saturated heterocycles. The summed E-state index contributed by atoms with van der Waals surface area (Å²) in [4.78, 5) is 25.3. The number of nitrogens with one attached hydrogen (secondary N) is 1. The molecule has 4 rings (SSSR count). The summed E-state index contributed by atoms with van der Waals surface area (Å²) in [7, 11) is 0. The van der Waals surface area contributed by atoms with E-state index in [0.717, 1.165) is 36.1 Å². The fourth-order valence-electron chi connectivity index (χ4n) is 3.58. The van der Waals surface area contributed by atoms with E-state index in [9.17, 15) is 9.59 Å². The second-order valence-corrected chi connectivity index (χ2v) is 7.91. The Hall–Kier alpha value is -3.28. The van der Waals surface area contributed by atoms with Crippen molar-refractivity contribution in [3.63, 3.8) is 0 Å². The molecule has 0 unspecified atom stereocenters. The van der Waals surface area contributed by atoms with E-state index in [-0.39, 0.29) is 18.1 Å². The van der Waals surface area contributed by atoms with E-state index in [1.54, 1.807) is 18.2 Å². The zero-order valence-electron chi connectivity index (χ0n) is 17.8. The molecule has 1 fully saturated rings. The maximum atomic E-state index is 12.7. The van der Waals surface area contributed by atoms with E-state index in [1.165, 1.54) is 6.08 Å². The van der Waals surface area contributed by atoms with Crippen molar-refractivity contribution >= 4 is 18.0 Å². The lowest BCUT2D eigenvalue weighted by molar-refractivity contribution is -0.151. The van der Waals surface area contributed by atoms with Gasteiger partial charge in [-0.15, -0.1) is 0 Å². The predicted octanol–water partition coefficient (Wildman–Crippen LogP) is 3.99. The van der Waals surface area contributed by atoms with Gasteiger partial charge >= 0.3 is 5.97 Å². The lowest BCUT2D eigenvalue weighted by Crippen LogP contribution is -2.33. The molecule has 1 heterocycles. The van der Waals surface area contributed by atoms with Gasteiger partial charge < -0.3 is 19.5 Å². The van der Waals surface area contributed by atoms with Gasteiger partial charge in [-0.05, 0) is 44.9 Å². The molecule has 1 N–H and O–H groups in total. The zero-order valence-corrected chi connectivity index (χ0v) is 17.8. The van der Waals surface area contributed by atoms with Crippen LogP contribution < -0.4 is 14.8 Å². The minimum atomic E-state index is -0.991. The molecule has 1 aliphatic heterocycles. The van der Waals surface area contributed by atoms with Gasteiger partial charge in [-0.2, -0.15) is 0 Å². The molecule has 2 aromatic carbocycles. The molecule has 2 aromatic rings. The van der Waals surface area contributed by atoms with Crippen molar-refractivity contribution in [3.05, 3.63) is 65.2 Å². The van der Waals surface area contributed by atoms with Gasteiger partial charge in [-0.1, -0.05) is 30.3 Å². The Kier molecular flexibility index (Phi) is 6.26. The van der Waals surface area contributed by atoms with Gasteiger partial charge in [0.15, 0.2) is 0 Å². The number of esters is 1. The van der Waals surface area contributed by atoms with Crippen LogP contribution in [0.1, 0.15) is 49.5 Å². The van der Waals surface area contributed by atoms with Gasteiger partial charge in [0.1, 0.15) is 17.6 Å². The maximum Gasteiger partial charge on any atom is 0.331 e. The van der Waals surface area contributed by atoms with E-state index in [0.29, 0.717) is 17.9 Å². The lowest BCUT2D eigenvalue weighted by atomic mass is 10.1. The highest BCUT2D eigenvalue weighted by molar-refractivity contribution is 5.91. The molecule has 0 spiro atoms. The van der Waals surface area contributed by atoms with Gasteiger partial charge in [0.25, 0.3) is 5.91 Å². The fraction of sp³-hybridized carbons (Fsp3) is 0.360. The van der Waals surface area contributed by atoms with E-state index in [2.05, 4.69) is 5.32 Å². The van der Waals surface area contributed by atoms with Crippen LogP contribution in [-0.4, -0.2) is 30.6 Å². The second-order valence-electron chi connectivity index (χ2n) is 7.91. The molecule has 2 atom stereocenters. The summed E-state index contributed by atoms with van der Waals surface area (Å²) >= 11 is 0. The molecule has 0 radical (unpaired) electrons. The predicted molar refractivity (Wildman–Crippen MR) is 117 cm³/mol. The minimum absolute atomic E-state index is 0.116. The Balaban J connectivity index is 1.51. The topological polar surface area (TPSA) is 73.9 Å². The smallest absolute Gasteiger partial charge is 0.331 e. The molecule has 6 heteroatoms. The Morgan fingerprint density at radius 3 is 2.71 bits per heavy atom. The van der Waals surface area contributed by atoms with Crippen molar-refractivity contribution in [2.75, 3.05) is 6.61 Å². The van der Waals surface area contributed by atoms with Crippen molar-refractivity contribution in [1.29, 1.82) is 0 Å². The summed E-state index contributed by atoms with van der Waals surface area (Å²) in [6, 6.07) is 13.1. The number of hydrogen-bond donors (Lipinski definition) is 1. The second kappa shape index (κ2) is 9.25. The molecule has 31 heavy (non-hydrogen) atoms. The van der Waals surface area contributed by atoms with Crippen LogP contribution in [0.3, 0.4) is 0 Å². The average Bonchev–Trinajstić information content (AvgIpc) is 3.49. The normalized spacial score (nSPS) is 18.2. The van der Waals surface area contributed by atoms with Crippen LogP contribution in [0.25, 0.3) is 6.08 Å². The third-order valence-electron chi connectivity index (χ3n) is 5.23. The highest BCUT2D eigenvalue weighted by Gasteiger charge is 2.30. The largest absolute Gasteiger partial charge is 0.493 e. The number of carbonyl (C=O) groups is 2. The molecule has 1 amide bonds. The number of rotatable bonds is 8. The molecular formula is C25H27NO5. The summed E-state index contributed by atoms with van der Waals surface area (Å²) < 4.78 is 17.1. The summed E-state index contributed by atoms with van der Waals surface area (Å²) in [5.74, 6) is 0.589. The van der Waals surface area contributed by atoms with E-state index in [4.69, 9.17) is 14.2 Å². The van der Waals surface area contributed by atoms with Gasteiger partial charge in [0, 0.05) is 35.2 Å². The SMILES string of the molecule is CCOc1cc2c(cc1/C=C/C(=O)O[C@H](C(=O)NC1CC1)c1ccccc1)O[C@H](C)C2. The molecule has 162 valence electrons. The summed E-state index contributed by atoms with van der Waals surface area (Å²) in [5.41, 5.74) is 2.46. The van der Waals surface area contributed by atoms with Gasteiger partial charge in [0.2, 0.25) is 6.10 Å². The van der Waals surface area contributed by atoms with Crippen LogP contribution >= 0.6 is 0 Å². The van der Waals surface area contributed by atoms with E-state index < -0.39 is 12.1 Å². The van der Waals surface area contributed by atoms with Crippen molar-refractivity contribution in [2.24, 2.45) is 0 Å². The van der Waals surface area contributed by atoms with Crippen LogP contribution in [0.5, 0.6) is 11.5 Å². The van der Waals surface area contributed by atoms with Gasteiger partial charge in [-0.25, -0.2) is 4.79 Å². The Labute approximate surface area is 182 Å². The minimum Gasteiger partial charge on any atom is -0.493 e. The Morgan fingerprint density at radius 1 is 1.23 bits per heavy atom. The zero-order chi connectivity index (χ0) is 21.8. The first-order chi connectivity index (χ1) is 15.0. The van der Waals surface area contributed by atoms with Crippen molar-refractivity contribution in [1.82, 2.24) is 5.32 Å². The van der Waals surface area contributed by atoms with E-state index in [1.807, 2.05) is 44.2 Å². The highest BCUT2D eigenvalue weighted by Crippen LogP contribution is 2.35. The molecule has 2 aliphatic rings. The quantitative estimate of drug-likeness (QED) is 0.515. The Bertz CT molecular complexity index is 981. The first-order valence-corrected chi connectivity index (χ1v) is 10.7. The summed E-state index contributed by atoms with van der Waals surface area (Å²) in [6.45, 7) is 4.44. The van der Waals surface area contributed by atoms with Crippen LogP contribution in [0.2, 0.25) is 0 Å². The third kappa shape index (κ3) is 5.26. The van der Waals surface area contributed by atoms with Crippen molar-refractivity contribution < 1.29 is 23.8 Å². The maximum absolute atomic E-state index is 12.7. The van der Waals surface area contributed by atoms with Crippen molar-refractivity contribution in [3.8, 4) is 11.5 Å². The van der Waals surface area contributed by atoms with Gasteiger partial charge in [-0.3, -0.25) is 4.79 Å². The highest BCUT2D eigenvalue weighted by atomic mass is 16.5. The molecule has 0 bridgehead atoms. The standard InChI is InChI=1S/C25H27NO5/c1-3-29-21-15-19-13-16(2)30-22(19)14-18(21)9-12-23(27)31-24(17-7-5-4-6-8-17)25(28)26-20-10-11-20/h4-9,12,14-16,20,24H,3,10-11,13H2,1-2H3,(H,26,28)/b12-9+/t16-,24+/m1/s1. The number of ether oxygens (including phenoxy) is 3. The number of amides is 1. The van der Waals surface area contributed by atoms with Crippen LogP contribution in [0.4, 0.5) is 0 Å². The Morgan fingerprint density at radius 2 is 2.00 bits per heavy atom. The van der Waals surface area contributed by atoms with E-state index >= 15 is 0 Å². The molecule has 6 nitrogen and oxygen atoms in total. The molecular weight excluding hydrogens is 394 g/mol. The lowest BCUT2D eigenvalue weighted by Gasteiger charge is -2.17. The van der Waals surface area contributed by atoms with Crippen LogP contribution in [-0.2, 0) is 20.7 Å². The summed E-state index contributed by atoms with van der Waals surface area (Å²) in [6.07, 6.45) is 4.83. The third-order valence-corrected chi connectivity index (χ3v) is 5.23. The number of carbonyl (C=O) groups excluding carboxylic acids is 2. The average molecular weight is 421 g/mol. The number of fused-ring (bicyclic) bond motifs is 1. The first kappa shape index (κ1) is 21.0. The number of benzene rings is 2. The first-order valence-electron chi connectivity index (χ1n) is 10.7. The monoisotopic (exact) mass is 421 g/mol.